The van der Waals surface area contributed by atoms with E-state index >= 15 is 0 Å². The fourth-order valence-corrected chi connectivity index (χ4v) is 4.34. The maximum absolute atomic E-state index is 6.23. The van der Waals surface area contributed by atoms with Gasteiger partial charge in [-0.15, -0.1) is 0 Å². The minimum Gasteiger partial charge on any atom is -0.472 e. The smallest absolute Gasteiger partial charge is 0.216 e. The quantitative estimate of drug-likeness (QED) is 0.545. The van der Waals surface area contributed by atoms with Crippen molar-refractivity contribution >= 4 is 5.90 Å². The van der Waals surface area contributed by atoms with Gasteiger partial charge in [-0.1, -0.05) is 85.8 Å². The Hall–Kier alpha value is -2.87. The molecule has 2 heteroatoms. The van der Waals surface area contributed by atoms with Crippen molar-refractivity contribution in [1.29, 1.82) is 0 Å². The monoisotopic (exact) mass is 369 g/mol. The Morgan fingerprint density at radius 2 is 1.21 bits per heavy atom. The summed E-state index contributed by atoms with van der Waals surface area (Å²) in [5.41, 5.74) is 3.70. The number of nitrogens with zero attached hydrogens (tertiary/aromatic N) is 1. The Kier molecular flexibility index (Phi) is 5.29. The third-order valence-electron chi connectivity index (χ3n) is 5.63. The summed E-state index contributed by atoms with van der Waals surface area (Å²) in [7, 11) is 0. The van der Waals surface area contributed by atoms with Crippen LogP contribution in [0.4, 0.5) is 0 Å². The van der Waals surface area contributed by atoms with Gasteiger partial charge in [0.1, 0.15) is 6.10 Å². The molecule has 0 amide bonds. The molecular formula is C26H27NO. The van der Waals surface area contributed by atoms with E-state index in [2.05, 4.69) is 86.6 Å². The standard InChI is InChI=1S/C26H27NO/c1-20-24(27-25(28-20)23-16-10-5-11-17-23)26(2,18-21-12-6-3-7-13-21)19-22-14-8-4-9-15-22/h3-17,20,24H,18-19H2,1-2H3. The van der Waals surface area contributed by atoms with Crippen molar-refractivity contribution in [3.63, 3.8) is 0 Å². The van der Waals surface area contributed by atoms with Crippen molar-refractivity contribution in [2.45, 2.75) is 38.8 Å². The Bertz CT molecular complexity index is 877. The normalized spacial score (nSPS) is 19.1. The van der Waals surface area contributed by atoms with E-state index in [1.807, 2.05) is 18.2 Å². The van der Waals surface area contributed by atoms with Crippen LogP contribution in [0.25, 0.3) is 0 Å². The van der Waals surface area contributed by atoms with Gasteiger partial charge in [0, 0.05) is 11.0 Å². The first kappa shape index (κ1) is 18.5. The highest BCUT2D eigenvalue weighted by Crippen LogP contribution is 2.38. The molecule has 1 aliphatic heterocycles. The zero-order chi connectivity index (χ0) is 19.4. The largest absolute Gasteiger partial charge is 0.472 e. The summed E-state index contributed by atoms with van der Waals surface area (Å²) >= 11 is 0. The molecule has 0 saturated heterocycles. The van der Waals surface area contributed by atoms with E-state index in [1.165, 1.54) is 11.1 Å². The van der Waals surface area contributed by atoms with Gasteiger partial charge in [-0.2, -0.15) is 0 Å². The number of rotatable bonds is 6. The van der Waals surface area contributed by atoms with Crippen LogP contribution >= 0.6 is 0 Å². The maximum atomic E-state index is 6.23. The second-order valence-corrected chi connectivity index (χ2v) is 8.05. The van der Waals surface area contributed by atoms with Gasteiger partial charge in [0.15, 0.2) is 0 Å². The van der Waals surface area contributed by atoms with E-state index in [0.29, 0.717) is 0 Å². The molecule has 0 aromatic heterocycles. The predicted molar refractivity (Wildman–Crippen MR) is 116 cm³/mol. The van der Waals surface area contributed by atoms with Crippen LogP contribution in [0.15, 0.2) is 96.0 Å². The molecule has 0 N–H and O–H groups in total. The van der Waals surface area contributed by atoms with E-state index in [-0.39, 0.29) is 17.6 Å². The SMILES string of the molecule is CC1OC(c2ccccc2)=NC1C(C)(Cc1ccccc1)Cc1ccccc1. The van der Waals surface area contributed by atoms with Gasteiger partial charge in [0.05, 0.1) is 6.04 Å². The fourth-order valence-electron chi connectivity index (χ4n) is 4.34. The molecular weight excluding hydrogens is 342 g/mol. The summed E-state index contributed by atoms with van der Waals surface area (Å²) in [4.78, 5) is 5.10. The first-order chi connectivity index (χ1) is 13.6. The van der Waals surface area contributed by atoms with Crippen LogP contribution in [0.2, 0.25) is 0 Å². The van der Waals surface area contributed by atoms with Gasteiger partial charge in [-0.25, -0.2) is 4.99 Å². The summed E-state index contributed by atoms with van der Waals surface area (Å²) in [5.74, 6) is 0.769. The van der Waals surface area contributed by atoms with Crippen molar-refractivity contribution in [3.05, 3.63) is 108 Å². The van der Waals surface area contributed by atoms with E-state index in [9.17, 15) is 0 Å². The van der Waals surface area contributed by atoms with Crippen LogP contribution < -0.4 is 0 Å². The molecule has 142 valence electrons. The van der Waals surface area contributed by atoms with Gasteiger partial charge in [-0.05, 0) is 43.0 Å². The molecule has 4 rings (SSSR count). The van der Waals surface area contributed by atoms with Crippen molar-refractivity contribution in [2.24, 2.45) is 10.4 Å². The predicted octanol–water partition coefficient (Wildman–Crippen LogP) is 5.71. The van der Waals surface area contributed by atoms with Crippen LogP contribution in [0.3, 0.4) is 0 Å². The number of hydrogen-bond donors (Lipinski definition) is 0. The van der Waals surface area contributed by atoms with Gasteiger partial charge < -0.3 is 4.74 Å². The second kappa shape index (κ2) is 8.02. The Morgan fingerprint density at radius 3 is 1.71 bits per heavy atom. The molecule has 0 fully saturated rings. The highest BCUT2D eigenvalue weighted by Gasteiger charge is 2.43. The van der Waals surface area contributed by atoms with Crippen LogP contribution in [0, 0.1) is 5.41 Å². The first-order valence-corrected chi connectivity index (χ1v) is 10.0. The highest BCUT2D eigenvalue weighted by molar-refractivity contribution is 5.95. The van der Waals surface area contributed by atoms with Crippen molar-refractivity contribution in [3.8, 4) is 0 Å². The second-order valence-electron chi connectivity index (χ2n) is 8.05. The van der Waals surface area contributed by atoms with Crippen molar-refractivity contribution in [2.75, 3.05) is 0 Å². The van der Waals surface area contributed by atoms with Crippen molar-refractivity contribution < 1.29 is 4.74 Å². The number of ether oxygens (including phenoxy) is 1. The number of aliphatic imine (C=N–C) groups is 1. The lowest BCUT2D eigenvalue weighted by molar-refractivity contribution is 0.130. The molecule has 3 aromatic rings. The Balaban J connectivity index is 1.69. The van der Waals surface area contributed by atoms with E-state index in [4.69, 9.17) is 9.73 Å². The first-order valence-electron chi connectivity index (χ1n) is 10.0. The Morgan fingerprint density at radius 1 is 0.750 bits per heavy atom. The molecule has 2 unspecified atom stereocenters. The maximum Gasteiger partial charge on any atom is 0.216 e. The third kappa shape index (κ3) is 4.01. The van der Waals surface area contributed by atoms with E-state index < -0.39 is 0 Å². The number of benzene rings is 3. The molecule has 2 nitrogen and oxygen atoms in total. The summed E-state index contributed by atoms with van der Waals surface area (Å²) in [6, 6.07) is 31.8. The zero-order valence-electron chi connectivity index (χ0n) is 16.6. The molecule has 1 aliphatic rings. The highest BCUT2D eigenvalue weighted by atomic mass is 16.5. The van der Waals surface area contributed by atoms with E-state index in [0.717, 1.165) is 24.3 Å². The molecule has 0 saturated carbocycles. The van der Waals surface area contributed by atoms with Crippen LogP contribution in [0.1, 0.15) is 30.5 Å². The molecule has 3 aromatic carbocycles. The lowest BCUT2D eigenvalue weighted by Crippen LogP contribution is -2.40. The van der Waals surface area contributed by atoms with Gasteiger partial charge in [-0.3, -0.25) is 0 Å². The molecule has 2 atom stereocenters. The molecule has 28 heavy (non-hydrogen) atoms. The van der Waals surface area contributed by atoms with Crippen LogP contribution in [-0.4, -0.2) is 18.0 Å². The molecule has 0 radical (unpaired) electrons. The summed E-state index contributed by atoms with van der Waals surface area (Å²) in [6.07, 6.45) is 1.98. The molecule has 0 bridgehead atoms. The lowest BCUT2D eigenvalue weighted by atomic mass is 9.71. The Labute approximate surface area is 167 Å². The van der Waals surface area contributed by atoms with Crippen molar-refractivity contribution in [1.82, 2.24) is 0 Å². The van der Waals surface area contributed by atoms with Crippen LogP contribution in [0.5, 0.6) is 0 Å². The summed E-state index contributed by atoms with van der Waals surface area (Å²) < 4.78 is 6.23. The van der Waals surface area contributed by atoms with E-state index in [1.54, 1.807) is 0 Å². The average Bonchev–Trinajstić information content (AvgIpc) is 3.13. The molecule has 1 heterocycles. The molecule has 0 spiro atoms. The minimum absolute atomic E-state index is 0.0430. The zero-order valence-corrected chi connectivity index (χ0v) is 16.6. The van der Waals surface area contributed by atoms with Gasteiger partial charge >= 0.3 is 0 Å². The average molecular weight is 370 g/mol. The molecule has 0 aliphatic carbocycles. The summed E-state index contributed by atoms with van der Waals surface area (Å²) in [6.45, 7) is 4.51. The lowest BCUT2D eigenvalue weighted by Gasteiger charge is -2.35. The fraction of sp³-hybridized carbons (Fsp3) is 0.269. The summed E-state index contributed by atoms with van der Waals surface area (Å²) in [5, 5.41) is 0. The van der Waals surface area contributed by atoms with Gasteiger partial charge in [0.2, 0.25) is 5.90 Å². The third-order valence-corrected chi connectivity index (χ3v) is 5.63. The van der Waals surface area contributed by atoms with Crippen LogP contribution in [-0.2, 0) is 17.6 Å². The van der Waals surface area contributed by atoms with Gasteiger partial charge in [0.25, 0.3) is 0 Å². The minimum atomic E-state index is -0.0430. The topological polar surface area (TPSA) is 21.6 Å². The number of hydrogen-bond acceptors (Lipinski definition) is 2.